The van der Waals surface area contributed by atoms with Gasteiger partial charge in [0.05, 0.1) is 30.7 Å². The van der Waals surface area contributed by atoms with E-state index in [4.69, 9.17) is 14.6 Å². The van der Waals surface area contributed by atoms with Crippen molar-refractivity contribution in [2.45, 2.75) is 6.18 Å². The minimum Gasteiger partial charge on any atom is -0.495 e. The molecule has 3 aromatic rings. The minimum atomic E-state index is -4.73. The van der Waals surface area contributed by atoms with Crippen molar-refractivity contribution >= 4 is 34.8 Å². The lowest BCUT2D eigenvalue weighted by molar-refractivity contribution is -0.137. The van der Waals surface area contributed by atoms with Crippen molar-refractivity contribution < 1.29 is 41.7 Å². The lowest BCUT2D eigenvalue weighted by atomic mass is 10.1. The SMILES string of the molecule is COc1ccc(F)cc1NC(=O)Nc1ccc(N2CCN(C(=O)Nc3ccc(OCCO)cc3C(F)(F)F)CC2)cc1. The molecular weight excluding hydrogens is 562 g/mol. The molecule has 4 amide bonds. The molecule has 0 bridgehead atoms. The number of anilines is 4. The van der Waals surface area contributed by atoms with Gasteiger partial charge in [-0.25, -0.2) is 14.0 Å². The monoisotopic (exact) mass is 591 g/mol. The van der Waals surface area contributed by atoms with Crippen molar-refractivity contribution in [2.75, 3.05) is 67.4 Å². The number of hydrogen-bond acceptors (Lipinski definition) is 6. The van der Waals surface area contributed by atoms with E-state index in [2.05, 4.69) is 16.0 Å². The number of urea groups is 2. The van der Waals surface area contributed by atoms with Crippen molar-refractivity contribution in [3.05, 3.63) is 72.0 Å². The van der Waals surface area contributed by atoms with Gasteiger partial charge in [0.1, 0.15) is 23.9 Å². The van der Waals surface area contributed by atoms with Gasteiger partial charge < -0.3 is 40.3 Å². The lowest BCUT2D eigenvalue weighted by Gasteiger charge is -2.36. The van der Waals surface area contributed by atoms with Crippen LogP contribution in [0, 0.1) is 5.82 Å². The van der Waals surface area contributed by atoms with Gasteiger partial charge in [0.25, 0.3) is 0 Å². The number of piperazine rings is 1. The molecule has 3 aromatic carbocycles. The maximum Gasteiger partial charge on any atom is 0.418 e. The number of hydrogen-bond donors (Lipinski definition) is 4. The summed E-state index contributed by atoms with van der Waals surface area (Å²) in [6, 6.07) is 12.6. The van der Waals surface area contributed by atoms with Gasteiger partial charge in [0, 0.05) is 43.6 Å². The van der Waals surface area contributed by atoms with E-state index in [1.54, 1.807) is 24.3 Å². The average molecular weight is 592 g/mol. The predicted molar refractivity (Wildman–Crippen MR) is 149 cm³/mol. The summed E-state index contributed by atoms with van der Waals surface area (Å²) < 4.78 is 64.5. The number of benzene rings is 3. The number of amides is 4. The van der Waals surface area contributed by atoms with Crippen LogP contribution >= 0.6 is 0 Å². The lowest BCUT2D eigenvalue weighted by Crippen LogP contribution is -2.50. The molecule has 224 valence electrons. The first kappa shape index (κ1) is 30.2. The summed E-state index contributed by atoms with van der Waals surface area (Å²) >= 11 is 0. The molecule has 10 nitrogen and oxygen atoms in total. The van der Waals surface area contributed by atoms with Crippen LogP contribution in [0.15, 0.2) is 60.7 Å². The number of methoxy groups -OCH3 is 1. The number of aliphatic hydroxyl groups is 1. The number of carbonyl (C=O) groups is 2. The molecule has 4 N–H and O–H groups in total. The molecule has 0 aromatic heterocycles. The van der Waals surface area contributed by atoms with E-state index in [1.165, 1.54) is 30.2 Å². The zero-order chi connectivity index (χ0) is 30.3. The first-order valence-electron chi connectivity index (χ1n) is 12.8. The second kappa shape index (κ2) is 13.3. The zero-order valence-corrected chi connectivity index (χ0v) is 22.5. The Hall–Kier alpha value is -4.72. The number of ether oxygens (including phenoxy) is 2. The summed E-state index contributed by atoms with van der Waals surface area (Å²) in [5.41, 5.74) is 0.0346. The number of nitrogens with zero attached hydrogens (tertiary/aromatic N) is 2. The van der Waals surface area contributed by atoms with Crippen LogP contribution in [0.2, 0.25) is 0 Å². The van der Waals surface area contributed by atoms with Gasteiger partial charge >= 0.3 is 18.2 Å². The van der Waals surface area contributed by atoms with E-state index in [0.717, 1.165) is 23.9 Å². The topological polar surface area (TPSA) is 115 Å². The Morgan fingerprint density at radius 1 is 0.905 bits per heavy atom. The van der Waals surface area contributed by atoms with Gasteiger partial charge in [-0.05, 0) is 54.6 Å². The molecule has 1 fully saturated rings. The van der Waals surface area contributed by atoms with Gasteiger partial charge in [-0.3, -0.25) is 0 Å². The second-order valence-corrected chi connectivity index (χ2v) is 9.15. The van der Waals surface area contributed by atoms with E-state index < -0.39 is 35.3 Å². The number of alkyl halides is 3. The van der Waals surface area contributed by atoms with Gasteiger partial charge in [-0.15, -0.1) is 0 Å². The van der Waals surface area contributed by atoms with Gasteiger partial charge in [0.2, 0.25) is 0 Å². The summed E-state index contributed by atoms with van der Waals surface area (Å²) in [5, 5.41) is 16.4. The van der Waals surface area contributed by atoms with E-state index >= 15 is 0 Å². The first-order chi connectivity index (χ1) is 20.1. The van der Waals surface area contributed by atoms with Crippen LogP contribution in [-0.2, 0) is 6.18 Å². The van der Waals surface area contributed by atoms with Crippen LogP contribution in [-0.4, -0.2) is 68.6 Å². The second-order valence-electron chi connectivity index (χ2n) is 9.15. The predicted octanol–water partition coefficient (Wildman–Crippen LogP) is 5.22. The van der Waals surface area contributed by atoms with Crippen LogP contribution in [0.1, 0.15) is 5.56 Å². The Balaban J connectivity index is 1.31. The summed E-state index contributed by atoms with van der Waals surface area (Å²) in [7, 11) is 1.40. The fraction of sp³-hybridized carbons (Fsp3) is 0.286. The molecule has 0 spiro atoms. The molecule has 0 aliphatic carbocycles. The Morgan fingerprint density at radius 2 is 1.62 bits per heavy atom. The number of rotatable bonds is 8. The molecule has 0 saturated carbocycles. The smallest absolute Gasteiger partial charge is 0.418 e. The Labute approximate surface area is 238 Å². The zero-order valence-electron chi connectivity index (χ0n) is 22.5. The molecule has 1 aliphatic rings. The molecule has 0 unspecified atom stereocenters. The third-order valence-electron chi connectivity index (χ3n) is 6.36. The Bertz CT molecular complexity index is 1400. The number of halogens is 4. The molecule has 1 aliphatic heterocycles. The van der Waals surface area contributed by atoms with Crippen LogP contribution in [0.3, 0.4) is 0 Å². The standard InChI is InChI=1S/C28H29F4N5O5/c1-41-25-9-2-18(29)16-24(25)34-26(39)33-19-3-5-20(6-4-19)36-10-12-37(13-11-36)27(40)35-23-8-7-21(42-15-14-38)17-22(23)28(30,31)32/h2-9,16-17,38H,10-15H2,1H3,(H,35,40)(H2,33,34,39). The highest BCUT2D eigenvalue weighted by atomic mass is 19.4. The maximum absolute atomic E-state index is 13.6. The highest BCUT2D eigenvalue weighted by Gasteiger charge is 2.35. The molecule has 42 heavy (non-hydrogen) atoms. The van der Waals surface area contributed by atoms with Crippen LogP contribution in [0.4, 0.5) is 49.9 Å². The van der Waals surface area contributed by atoms with Crippen LogP contribution in [0.25, 0.3) is 0 Å². The molecule has 14 heteroatoms. The molecule has 0 atom stereocenters. The van der Waals surface area contributed by atoms with Crippen molar-refractivity contribution in [2.24, 2.45) is 0 Å². The van der Waals surface area contributed by atoms with E-state index in [9.17, 15) is 27.2 Å². The molecule has 1 saturated heterocycles. The Morgan fingerprint density at radius 3 is 2.26 bits per heavy atom. The van der Waals surface area contributed by atoms with Crippen LogP contribution in [0.5, 0.6) is 11.5 Å². The van der Waals surface area contributed by atoms with Gasteiger partial charge in [-0.1, -0.05) is 0 Å². The van der Waals surface area contributed by atoms with Crippen molar-refractivity contribution in [1.29, 1.82) is 0 Å². The highest BCUT2D eigenvalue weighted by Crippen LogP contribution is 2.37. The van der Waals surface area contributed by atoms with Crippen molar-refractivity contribution in [3.8, 4) is 11.5 Å². The molecular formula is C28H29F4N5O5. The third kappa shape index (κ3) is 7.72. The normalized spacial score (nSPS) is 13.4. The largest absolute Gasteiger partial charge is 0.495 e. The molecule has 0 radical (unpaired) electrons. The fourth-order valence-corrected chi connectivity index (χ4v) is 4.30. The highest BCUT2D eigenvalue weighted by molar-refractivity contribution is 6.00. The molecule has 4 rings (SSSR count). The van der Waals surface area contributed by atoms with Crippen molar-refractivity contribution in [3.63, 3.8) is 0 Å². The third-order valence-corrected chi connectivity index (χ3v) is 6.36. The van der Waals surface area contributed by atoms with Crippen molar-refractivity contribution in [1.82, 2.24) is 4.90 Å². The number of aliphatic hydroxyl groups excluding tert-OH is 1. The summed E-state index contributed by atoms with van der Waals surface area (Å²) in [4.78, 5) is 28.6. The summed E-state index contributed by atoms with van der Waals surface area (Å²) in [5.74, 6) is -0.299. The average Bonchev–Trinajstić information content (AvgIpc) is 2.96. The van der Waals surface area contributed by atoms with E-state index in [1.807, 2.05) is 4.90 Å². The number of nitrogens with one attached hydrogen (secondary N) is 3. The molecule has 1 heterocycles. The van der Waals surface area contributed by atoms with Gasteiger partial charge in [0.15, 0.2) is 0 Å². The summed E-state index contributed by atoms with van der Waals surface area (Å²) in [6.45, 7) is 0.887. The fourth-order valence-electron chi connectivity index (χ4n) is 4.30. The number of carbonyl (C=O) groups excluding carboxylic acids is 2. The van der Waals surface area contributed by atoms with E-state index in [0.29, 0.717) is 24.5 Å². The quantitative estimate of drug-likeness (QED) is 0.267. The minimum absolute atomic E-state index is 0.0725. The first-order valence-corrected chi connectivity index (χ1v) is 12.8. The van der Waals surface area contributed by atoms with Crippen LogP contribution < -0.4 is 30.3 Å². The van der Waals surface area contributed by atoms with E-state index in [-0.39, 0.29) is 37.7 Å². The summed E-state index contributed by atoms with van der Waals surface area (Å²) in [6.07, 6.45) is -4.73. The maximum atomic E-state index is 13.6. The van der Waals surface area contributed by atoms with Gasteiger partial charge in [-0.2, -0.15) is 13.2 Å². The Kier molecular flexibility index (Phi) is 9.57.